The van der Waals surface area contributed by atoms with Crippen molar-refractivity contribution in [2.45, 2.75) is 18.9 Å². The number of nitrogens with zero attached hydrogens (tertiary/aromatic N) is 3. The molecule has 0 aromatic carbocycles. The first kappa shape index (κ1) is 15.5. The van der Waals surface area contributed by atoms with E-state index in [1.807, 2.05) is 0 Å². The van der Waals surface area contributed by atoms with E-state index < -0.39 is 0 Å². The Labute approximate surface area is 137 Å². The molecule has 1 aliphatic heterocycles. The van der Waals surface area contributed by atoms with E-state index in [9.17, 15) is 0 Å². The minimum atomic E-state index is 0.220. The number of aromatic nitrogens is 4. The molecule has 0 aliphatic carbocycles. The van der Waals surface area contributed by atoms with Crippen LogP contribution in [0.2, 0.25) is 5.15 Å². The molecule has 3 heterocycles. The highest BCUT2D eigenvalue weighted by Gasteiger charge is 2.13. The molecule has 0 bridgehead atoms. The average molecular weight is 337 g/mol. The van der Waals surface area contributed by atoms with Gasteiger partial charge in [0.05, 0.1) is 5.70 Å². The molecule has 6 N–H and O–H groups in total. The normalized spacial score (nSPS) is 16.5. The molecule has 10 heteroatoms. The van der Waals surface area contributed by atoms with Crippen molar-refractivity contribution in [2.24, 2.45) is 0 Å². The van der Waals surface area contributed by atoms with Crippen LogP contribution in [-0.2, 0) is 4.74 Å². The van der Waals surface area contributed by atoms with Crippen LogP contribution in [0.5, 0.6) is 0 Å². The number of rotatable bonds is 5. The molecule has 9 nitrogen and oxygen atoms in total. The van der Waals surface area contributed by atoms with Crippen molar-refractivity contribution >= 4 is 40.6 Å². The second-order valence-electron chi connectivity index (χ2n) is 5.09. The first-order chi connectivity index (χ1) is 11.2. The van der Waals surface area contributed by atoms with Gasteiger partial charge in [-0.05, 0) is 12.8 Å². The van der Waals surface area contributed by atoms with E-state index in [1.54, 1.807) is 6.20 Å². The molecule has 23 heavy (non-hydrogen) atoms. The van der Waals surface area contributed by atoms with E-state index in [1.165, 1.54) is 6.21 Å². The minimum Gasteiger partial charge on any atom is -0.386 e. The number of hydrogen-bond donors (Lipinski definition) is 5. The number of nitrogens with one attached hydrogen (secondary N) is 4. The number of aromatic amines is 1. The van der Waals surface area contributed by atoms with Crippen LogP contribution in [0.3, 0.4) is 0 Å². The molecular weight excluding hydrogens is 320 g/mol. The fourth-order valence-corrected chi connectivity index (χ4v) is 2.52. The van der Waals surface area contributed by atoms with Gasteiger partial charge in [-0.15, -0.1) is 0 Å². The van der Waals surface area contributed by atoms with Crippen molar-refractivity contribution in [3.05, 3.63) is 17.1 Å². The van der Waals surface area contributed by atoms with E-state index >= 15 is 0 Å². The Kier molecular flexibility index (Phi) is 4.58. The molecule has 122 valence electrons. The molecule has 2 aromatic rings. The van der Waals surface area contributed by atoms with Crippen molar-refractivity contribution in [1.29, 1.82) is 5.41 Å². The minimum absolute atomic E-state index is 0.220. The van der Waals surface area contributed by atoms with Gasteiger partial charge in [0.1, 0.15) is 11.2 Å². The quantitative estimate of drug-likeness (QED) is 0.518. The van der Waals surface area contributed by atoms with Crippen LogP contribution in [0.15, 0.2) is 11.9 Å². The summed E-state index contributed by atoms with van der Waals surface area (Å²) in [5, 5.41) is 20.9. The lowest BCUT2D eigenvalue weighted by Crippen LogP contribution is -2.32. The van der Waals surface area contributed by atoms with Crippen LogP contribution in [0, 0.1) is 5.41 Å². The van der Waals surface area contributed by atoms with Gasteiger partial charge in [0.2, 0.25) is 5.95 Å². The fourth-order valence-electron chi connectivity index (χ4n) is 2.29. The maximum atomic E-state index is 7.50. The molecular formula is C13H17ClN8O. The van der Waals surface area contributed by atoms with E-state index in [4.69, 9.17) is 27.5 Å². The van der Waals surface area contributed by atoms with Gasteiger partial charge in [-0.2, -0.15) is 15.1 Å². The number of anilines is 2. The number of nitrogens with two attached hydrogens (primary N) is 1. The number of halogens is 1. The number of nitrogen functional groups attached to an aromatic ring is 1. The van der Waals surface area contributed by atoms with Gasteiger partial charge < -0.3 is 26.5 Å². The molecule has 0 radical (unpaired) electrons. The Morgan fingerprint density at radius 2 is 2.17 bits per heavy atom. The van der Waals surface area contributed by atoms with Crippen molar-refractivity contribution in [3.63, 3.8) is 0 Å². The largest absolute Gasteiger partial charge is 0.386 e. The first-order valence-corrected chi connectivity index (χ1v) is 7.53. The third-order valence-electron chi connectivity index (χ3n) is 3.51. The lowest BCUT2D eigenvalue weighted by atomic mass is 10.1. The van der Waals surface area contributed by atoms with Crippen LogP contribution in [-0.4, -0.2) is 45.6 Å². The van der Waals surface area contributed by atoms with E-state index in [2.05, 4.69) is 30.8 Å². The summed E-state index contributed by atoms with van der Waals surface area (Å²) < 4.78 is 5.31. The molecule has 1 fully saturated rings. The molecule has 0 saturated carbocycles. The molecule has 0 amide bonds. The Morgan fingerprint density at radius 1 is 1.39 bits per heavy atom. The van der Waals surface area contributed by atoms with E-state index in [0.717, 1.165) is 26.1 Å². The van der Waals surface area contributed by atoms with Gasteiger partial charge in [0.15, 0.2) is 10.8 Å². The Bertz CT molecular complexity index is 737. The van der Waals surface area contributed by atoms with Crippen LogP contribution in [0.4, 0.5) is 11.8 Å². The predicted molar refractivity (Wildman–Crippen MR) is 88.6 cm³/mol. The van der Waals surface area contributed by atoms with E-state index in [0.29, 0.717) is 22.8 Å². The monoisotopic (exact) mass is 336 g/mol. The van der Waals surface area contributed by atoms with Gasteiger partial charge in [0.25, 0.3) is 0 Å². The predicted octanol–water partition coefficient (Wildman–Crippen LogP) is 1.26. The number of hydrogen-bond acceptors (Lipinski definition) is 8. The molecule has 1 aliphatic rings. The lowest BCUT2D eigenvalue weighted by Gasteiger charge is -2.22. The van der Waals surface area contributed by atoms with Crippen molar-refractivity contribution in [2.75, 3.05) is 24.3 Å². The Hall–Kier alpha value is -2.39. The fraction of sp³-hybridized carbons (Fsp3) is 0.385. The van der Waals surface area contributed by atoms with Gasteiger partial charge >= 0.3 is 0 Å². The summed E-state index contributed by atoms with van der Waals surface area (Å²) in [6.07, 6.45) is 4.77. The Morgan fingerprint density at radius 3 is 2.91 bits per heavy atom. The molecule has 0 atom stereocenters. The zero-order valence-electron chi connectivity index (χ0n) is 12.3. The summed E-state index contributed by atoms with van der Waals surface area (Å²) in [6.45, 7) is 1.49. The number of fused-ring (bicyclic) bond motifs is 1. The number of allylic oxidation sites excluding steroid dienone is 1. The smallest absolute Gasteiger partial charge is 0.231 e. The summed E-state index contributed by atoms with van der Waals surface area (Å²) >= 11 is 5.91. The SMILES string of the molecule is N=C/C(=C\NC1CCOCC1)Nc1nc(N)c2c(Cl)n[nH]c2n1. The van der Waals surface area contributed by atoms with Gasteiger partial charge in [-0.25, -0.2) is 0 Å². The third kappa shape index (κ3) is 3.51. The molecule has 1 saturated heterocycles. The maximum absolute atomic E-state index is 7.50. The highest BCUT2D eigenvalue weighted by atomic mass is 35.5. The van der Waals surface area contributed by atoms with Crippen LogP contribution >= 0.6 is 11.6 Å². The molecule has 3 rings (SSSR count). The third-order valence-corrected chi connectivity index (χ3v) is 3.78. The zero-order valence-corrected chi connectivity index (χ0v) is 13.0. The Balaban J connectivity index is 1.74. The summed E-state index contributed by atoms with van der Waals surface area (Å²) in [6, 6.07) is 0.334. The lowest BCUT2D eigenvalue weighted by molar-refractivity contribution is 0.0812. The summed E-state index contributed by atoms with van der Waals surface area (Å²) in [5.41, 5.74) is 6.82. The summed E-state index contributed by atoms with van der Waals surface area (Å²) in [7, 11) is 0. The van der Waals surface area contributed by atoms with Crippen molar-refractivity contribution < 1.29 is 4.74 Å². The summed E-state index contributed by atoms with van der Waals surface area (Å²) in [4.78, 5) is 8.38. The standard InChI is InChI=1S/C13H17ClN8O/c14-10-9-11(16)19-13(20-12(9)22-21-10)18-8(5-15)6-17-7-1-3-23-4-2-7/h5-7,15,17H,1-4H2,(H4,16,18,19,20,21,22)/b8-6+,15-5?. The number of ether oxygens (including phenoxy) is 1. The van der Waals surface area contributed by atoms with Crippen molar-refractivity contribution in [1.82, 2.24) is 25.5 Å². The second kappa shape index (κ2) is 6.80. The zero-order chi connectivity index (χ0) is 16.2. The van der Waals surface area contributed by atoms with Crippen molar-refractivity contribution in [3.8, 4) is 0 Å². The first-order valence-electron chi connectivity index (χ1n) is 7.16. The van der Waals surface area contributed by atoms with Crippen LogP contribution in [0.1, 0.15) is 12.8 Å². The highest BCUT2D eigenvalue weighted by Crippen LogP contribution is 2.24. The van der Waals surface area contributed by atoms with Gasteiger partial charge in [0, 0.05) is 31.7 Å². The van der Waals surface area contributed by atoms with Gasteiger partial charge in [-0.3, -0.25) is 5.10 Å². The highest BCUT2D eigenvalue weighted by molar-refractivity contribution is 6.35. The van der Waals surface area contributed by atoms with Gasteiger partial charge in [-0.1, -0.05) is 11.6 Å². The van der Waals surface area contributed by atoms with E-state index in [-0.39, 0.29) is 16.9 Å². The maximum Gasteiger partial charge on any atom is 0.231 e. The second-order valence-corrected chi connectivity index (χ2v) is 5.45. The molecule has 0 spiro atoms. The molecule has 0 unspecified atom stereocenters. The van der Waals surface area contributed by atoms with Crippen LogP contribution in [0.25, 0.3) is 11.0 Å². The van der Waals surface area contributed by atoms with Crippen LogP contribution < -0.4 is 16.4 Å². The number of H-pyrrole nitrogens is 1. The topological polar surface area (TPSA) is 138 Å². The average Bonchev–Trinajstić information content (AvgIpc) is 2.94. The molecule has 2 aromatic heterocycles. The summed E-state index contributed by atoms with van der Waals surface area (Å²) in [5.74, 6) is 0.483.